The van der Waals surface area contributed by atoms with Gasteiger partial charge in [-0.05, 0) is 43.4 Å². The average Bonchev–Trinajstić information content (AvgIpc) is 2.37. The van der Waals surface area contributed by atoms with E-state index in [2.05, 4.69) is 30.3 Å². The molecule has 1 aromatic carbocycles. The minimum absolute atomic E-state index is 0.0923. The van der Waals surface area contributed by atoms with E-state index in [4.69, 9.17) is 11.6 Å². The van der Waals surface area contributed by atoms with Crippen molar-refractivity contribution < 1.29 is 5.11 Å². The van der Waals surface area contributed by atoms with Gasteiger partial charge in [0.2, 0.25) is 0 Å². The van der Waals surface area contributed by atoms with Crippen molar-refractivity contribution in [2.75, 3.05) is 25.0 Å². The fraction of sp³-hybridized carbons (Fsp3) is 0.625. The monoisotopic (exact) mass is 296 g/mol. The Hall–Kier alpha value is -0.770. The van der Waals surface area contributed by atoms with Crippen molar-refractivity contribution >= 4 is 17.3 Å². The normalized spacial score (nSPS) is 21.6. The fourth-order valence-corrected chi connectivity index (χ4v) is 3.20. The van der Waals surface area contributed by atoms with Crippen LogP contribution in [0.4, 0.5) is 5.69 Å². The summed E-state index contributed by atoms with van der Waals surface area (Å²) >= 11 is 6.39. The van der Waals surface area contributed by atoms with Crippen LogP contribution in [-0.4, -0.2) is 31.3 Å². The number of hydrogen-bond acceptors (Lipinski definition) is 3. The molecule has 112 valence electrons. The van der Waals surface area contributed by atoms with Gasteiger partial charge in [-0.1, -0.05) is 30.7 Å². The van der Waals surface area contributed by atoms with Crippen molar-refractivity contribution in [2.24, 2.45) is 5.92 Å². The maximum absolute atomic E-state index is 9.40. The summed E-state index contributed by atoms with van der Waals surface area (Å²) in [5, 5.41) is 13.6. The summed E-state index contributed by atoms with van der Waals surface area (Å²) in [6.07, 6.45) is 2.87. The quantitative estimate of drug-likeness (QED) is 0.759. The molecule has 0 unspecified atom stereocenters. The molecule has 0 aliphatic heterocycles. The summed E-state index contributed by atoms with van der Waals surface area (Å²) in [6.45, 7) is 4.99. The van der Waals surface area contributed by atoms with Crippen LogP contribution in [0, 0.1) is 5.92 Å². The summed E-state index contributed by atoms with van der Waals surface area (Å²) in [5.41, 5.74) is 2.37. The van der Waals surface area contributed by atoms with Crippen molar-refractivity contribution in [3.05, 3.63) is 28.8 Å². The number of halogens is 1. The Bertz CT molecular complexity index is 432. The van der Waals surface area contributed by atoms with Gasteiger partial charge in [0.05, 0.1) is 16.8 Å². The van der Waals surface area contributed by atoms with Gasteiger partial charge in [0.1, 0.15) is 0 Å². The molecule has 0 spiro atoms. The fourth-order valence-electron chi connectivity index (χ4n) is 2.86. The number of para-hydroxylation sites is 1. The summed E-state index contributed by atoms with van der Waals surface area (Å²) in [4.78, 5) is 2.24. The van der Waals surface area contributed by atoms with Gasteiger partial charge in [0.15, 0.2) is 0 Å². The molecule has 0 bridgehead atoms. The van der Waals surface area contributed by atoms with Gasteiger partial charge >= 0.3 is 0 Å². The standard InChI is InChI=1S/C16H25ClN2O/c1-3-7-18-10-13-5-4-6-15(17)16(13)19(2)11-12-8-14(20)9-12/h4-6,12,14,18,20H,3,7-11H2,1-2H3. The first kappa shape index (κ1) is 15.6. The predicted molar refractivity (Wildman–Crippen MR) is 85.5 cm³/mol. The zero-order valence-corrected chi connectivity index (χ0v) is 13.2. The van der Waals surface area contributed by atoms with Crippen LogP contribution in [0.3, 0.4) is 0 Å². The van der Waals surface area contributed by atoms with E-state index < -0.39 is 0 Å². The first-order valence-corrected chi connectivity index (χ1v) is 7.87. The minimum Gasteiger partial charge on any atom is -0.393 e. The number of nitrogens with one attached hydrogen (secondary N) is 1. The Kier molecular flexibility index (Phi) is 5.70. The molecule has 0 heterocycles. The largest absolute Gasteiger partial charge is 0.393 e. The first-order valence-electron chi connectivity index (χ1n) is 7.49. The second-order valence-electron chi connectivity index (χ2n) is 5.80. The minimum atomic E-state index is -0.0923. The number of rotatable bonds is 7. The summed E-state index contributed by atoms with van der Waals surface area (Å²) in [5.74, 6) is 0.586. The van der Waals surface area contributed by atoms with E-state index in [0.29, 0.717) is 5.92 Å². The second-order valence-corrected chi connectivity index (χ2v) is 6.20. The molecule has 20 heavy (non-hydrogen) atoms. The van der Waals surface area contributed by atoms with Crippen LogP contribution in [0.5, 0.6) is 0 Å². The van der Waals surface area contributed by atoms with E-state index >= 15 is 0 Å². The van der Waals surface area contributed by atoms with Gasteiger partial charge in [0, 0.05) is 20.1 Å². The van der Waals surface area contributed by atoms with Gasteiger partial charge in [0.25, 0.3) is 0 Å². The van der Waals surface area contributed by atoms with Crippen LogP contribution in [0.1, 0.15) is 31.7 Å². The zero-order chi connectivity index (χ0) is 14.5. The molecule has 0 amide bonds. The first-order chi connectivity index (χ1) is 9.61. The highest BCUT2D eigenvalue weighted by molar-refractivity contribution is 6.33. The number of benzene rings is 1. The van der Waals surface area contributed by atoms with Crippen molar-refractivity contribution in [2.45, 2.75) is 38.8 Å². The van der Waals surface area contributed by atoms with Crippen LogP contribution in [0.2, 0.25) is 5.02 Å². The Morgan fingerprint density at radius 1 is 1.40 bits per heavy atom. The molecular formula is C16H25ClN2O. The number of nitrogens with zero attached hydrogens (tertiary/aromatic N) is 1. The molecule has 4 heteroatoms. The van der Waals surface area contributed by atoms with Crippen molar-refractivity contribution in [3.8, 4) is 0 Å². The summed E-state index contributed by atoms with van der Waals surface area (Å²) < 4.78 is 0. The third kappa shape index (κ3) is 3.87. The molecule has 3 nitrogen and oxygen atoms in total. The number of aliphatic hydroxyl groups is 1. The number of hydrogen-bond donors (Lipinski definition) is 2. The van der Waals surface area contributed by atoms with Crippen molar-refractivity contribution in [3.63, 3.8) is 0 Å². The molecule has 2 rings (SSSR count). The lowest BCUT2D eigenvalue weighted by atomic mass is 9.82. The molecule has 0 saturated heterocycles. The maximum Gasteiger partial charge on any atom is 0.0642 e. The molecule has 2 N–H and O–H groups in total. The number of aliphatic hydroxyl groups excluding tert-OH is 1. The lowest BCUT2D eigenvalue weighted by Crippen LogP contribution is -2.37. The van der Waals surface area contributed by atoms with Crippen molar-refractivity contribution in [1.29, 1.82) is 0 Å². The predicted octanol–water partition coefficient (Wildman–Crippen LogP) is 3.05. The Morgan fingerprint density at radius 2 is 2.15 bits per heavy atom. The highest BCUT2D eigenvalue weighted by Crippen LogP contribution is 2.33. The van der Waals surface area contributed by atoms with Gasteiger partial charge in [-0.3, -0.25) is 0 Å². The Morgan fingerprint density at radius 3 is 2.80 bits per heavy atom. The smallest absolute Gasteiger partial charge is 0.0642 e. The highest BCUT2D eigenvalue weighted by atomic mass is 35.5. The molecule has 1 fully saturated rings. The topological polar surface area (TPSA) is 35.5 Å². The van der Waals surface area contributed by atoms with Crippen LogP contribution < -0.4 is 10.2 Å². The van der Waals surface area contributed by atoms with Crippen LogP contribution >= 0.6 is 11.6 Å². The summed E-state index contributed by atoms with van der Waals surface area (Å²) in [6, 6.07) is 6.10. The van der Waals surface area contributed by atoms with Gasteiger partial charge in [-0.2, -0.15) is 0 Å². The summed E-state index contributed by atoms with van der Waals surface area (Å²) in [7, 11) is 2.09. The van der Waals surface area contributed by atoms with E-state index in [-0.39, 0.29) is 6.10 Å². The maximum atomic E-state index is 9.40. The lowest BCUT2D eigenvalue weighted by Gasteiger charge is -2.36. The van der Waals surface area contributed by atoms with Crippen LogP contribution in [0.15, 0.2) is 18.2 Å². The molecule has 1 aliphatic carbocycles. The molecule has 1 aromatic rings. The van der Waals surface area contributed by atoms with Gasteiger partial charge in [-0.25, -0.2) is 0 Å². The molecule has 0 atom stereocenters. The Balaban J connectivity index is 2.03. The average molecular weight is 297 g/mol. The second kappa shape index (κ2) is 7.30. The van der Waals surface area contributed by atoms with Crippen LogP contribution in [-0.2, 0) is 6.54 Å². The van der Waals surface area contributed by atoms with E-state index in [9.17, 15) is 5.11 Å². The SMILES string of the molecule is CCCNCc1cccc(Cl)c1N(C)CC1CC(O)C1. The third-order valence-corrected chi connectivity index (χ3v) is 4.24. The van der Waals surface area contributed by atoms with Gasteiger partial charge < -0.3 is 15.3 Å². The van der Waals surface area contributed by atoms with Crippen LogP contribution in [0.25, 0.3) is 0 Å². The van der Waals surface area contributed by atoms with Gasteiger partial charge in [-0.15, -0.1) is 0 Å². The number of anilines is 1. The molecular weight excluding hydrogens is 272 g/mol. The Labute approximate surface area is 126 Å². The molecule has 1 aliphatic rings. The van der Waals surface area contributed by atoms with E-state index in [1.165, 1.54) is 5.56 Å². The third-order valence-electron chi connectivity index (χ3n) is 3.94. The van der Waals surface area contributed by atoms with E-state index in [1.54, 1.807) is 0 Å². The molecule has 0 aromatic heterocycles. The zero-order valence-electron chi connectivity index (χ0n) is 12.4. The van der Waals surface area contributed by atoms with Crippen molar-refractivity contribution in [1.82, 2.24) is 5.32 Å². The highest BCUT2D eigenvalue weighted by Gasteiger charge is 2.28. The molecule has 1 saturated carbocycles. The van der Waals surface area contributed by atoms with E-state index in [0.717, 1.165) is 49.6 Å². The lowest BCUT2D eigenvalue weighted by molar-refractivity contribution is 0.0465. The molecule has 0 radical (unpaired) electrons. The van der Waals surface area contributed by atoms with E-state index in [1.807, 2.05) is 12.1 Å².